The third-order valence-electron chi connectivity index (χ3n) is 6.21. The standard InChI is InChI=1S/C27H30F3IN2O7/c1-39-22-10-17(14-35)9-19(31)25(22)40-21-13-18(26(38)32-7-8-34)12-20(24(21)37)33(15-27(28,29)30)23(36)11-16-5-3-2-4-6-16/h2-6,9-10,13,20-21,24,34-35,37H,7-8,11-12,14-15H2,1H3,(H,32,38)/t20-,21+,24+/m1/s1. The van der Waals surface area contributed by atoms with Crippen LogP contribution in [0.5, 0.6) is 11.5 Å². The van der Waals surface area contributed by atoms with E-state index < -0.39 is 42.8 Å². The number of carbonyl (C=O) groups excluding carboxylic acids is 2. The molecular weight excluding hydrogens is 648 g/mol. The minimum Gasteiger partial charge on any atom is -0.493 e. The van der Waals surface area contributed by atoms with Crippen LogP contribution in [0.4, 0.5) is 13.2 Å². The predicted molar refractivity (Wildman–Crippen MR) is 147 cm³/mol. The van der Waals surface area contributed by atoms with Crippen LogP contribution in [0.15, 0.2) is 54.1 Å². The van der Waals surface area contributed by atoms with E-state index in [0.29, 0.717) is 19.6 Å². The average molecular weight is 678 g/mol. The van der Waals surface area contributed by atoms with Gasteiger partial charge in [0.05, 0.1) is 36.4 Å². The molecule has 4 N–H and O–H groups in total. The Kier molecular flexibility index (Phi) is 11.2. The zero-order valence-electron chi connectivity index (χ0n) is 21.5. The van der Waals surface area contributed by atoms with Crippen molar-refractivity contribution in [1.82, 2.24) is 10.2 Å². The van der Waals surface area contributed by atoms with E-state index in [1.165, 1.54) is 19.3 Å². The molecule has 0 saturated carbocycles. The van der Waals surface area contributed by atoms with Crippen LogP contribution in [0, 0.1) is 3.57 Å². The highest BCUT2D eigenvalue weighted by molar-refractivity contribution is 14.1. The molecule has 0 radical (unpaired) electrons. The number of methoxy groups -OCH3 is 1. The highest BCUT2D eigenvalue weighted by atomic mass is 127. The molecule has 0 bridgehead atoms. The van der Waals surface area contributed by atoms with Gasteiger partial charge in [-0.2, -0.15) is 13.2 Å². The van der Waals surface area contributed by atoms with Crippen LogP contribution in [-0.2, 0) is 22.6 Å². The molecule has 40 heavy (non-hydrogen) atoms. The summed E-state index contributed by atoms with van der Waals surface area (Å²) in [6, 6.07) is 9.85. The van der Waals surface area contributed by atoms with Crippen molar-refractivity contribution in [2.45, 2.75) is 43.9 Å². The Morgan fingerprint density at radius 3 is 2.45 bits per heavy atom. The number of rotatable bonds is 11. The van der Waals surface area contributed by atoms with Gasteiger partial charge in [-0.15, -0.1) is 0 Å². The minimum atomic E-state index is -4.79. The second-order valence-corrected chi connectivity index (χ2v) is 10.2. The van der Waals surface area contributed by atoms with Gasteiger partial charge in [0.1, 0.15) is 18.8 Å². The largest absolute Gasteiger partial charge is 0.493 e. The third kappa shape index (κ3) is 8.32. The summed E-state index contributed by atoms with van der Waals surface area (Å²) in [5.74, 6) is -1.24. The van der Waals surface area contributed by atoms with E-state index in [9.17, 15) is 33.0 Å². The van der Waals surface area contributed by atoms with Crippen molar-refractivity contribution in [3.8, 4) is 11.5 Å². The van der Waals surface area contributed by atoms with Gasteiger partial charge in [0.2, 0.25) is 11.8 Å². The lowest BCUT2D eigenvalue weighted by Gasteiger charge is -2.41. The minimum absolute atomic E-state index is 0.0191. The summed E-state index contributed by atoms with van der Waals surface area (Å²) in [5, 5.41) is 32.4. The molecule has 2 aromatic rings. The molecule has 0 heterocycles. The Balaban J connectivity index is 2.02. The summed E-state index contributed by atoms with van der Waals surface area (Å²) in [6.45, 7) is -2.41. The zero-order valence-corrected chi connectivity index (χ0v) is 23.7. The molecule has 3 rings (SSSR count). The predicted octanol–water partition coefficient (Wildman–Crippen LogP) is 2.34. The van der Waals surface area contributed by atoms with Crippen molar-refractivity contribution in [3.63, 3.8) is 0 Å². The Labute approximate surface area is 242 Å². The monoisotopic (exact) mass is 678 g/mol. The van der Waals surface area contributed by atoms with Crippen molar-refractivity contribution in [3.05, 3.63) is 68.8 Å². The number of carbonyl (C=O) groups is 2. The van der Waals surface area contributed by atoms with E-state index in [0.717, 1.165) is 0 Å². The first-order chi connectivity index (χ1) is 19.0. The number of aliphatic hydroxyl groups is 3. The lowest BCUT2D eigenvalue weighted by Crippen LogP contribution is -2.57. The van der Waals surface area contributed by atoms with Gasteiger partial charge >= 0.3 is 6.18 Å². The van der Waals surface area contributed by atoms with E-state index >= 15 is 0 Å². The number of alkyl halides is 3. The van der Waals surface area contributed by atoms with Gasteiger partial charge in [-0.1, -0.05) is 30.3 Å². The molecule has 1 aliphatic rings. The Morgan fingerprint density at radius 2 is 1.85 bits per heavy atom. The van der Waals surface area contributed by atoms with Crippen molar-refractivity contribution in [2.24, 2.45) is 0 Å². The highest BCUT2D eigenvalue weighted by Gasteiger charge is 2.44. The Hall–Kier alpha value is -2.88. The van der Waals surface area contributed by atoms with Crippen LogP contribution in [0.3, 0.4) is 0 Å². The number of hydrogen-bond acceptors (Lipinski definition) is 7. The SMILES string of the molecule is COc1cc(CO)cc(I)c1O[C@H]1C=C(C(=O)NCCO)C[C@@H](N(CC(F)(F)F)C(=O)Cc2ccccc2)[C@@H]1O. The number of hydrogen-bond donors (Lipinski definition) is 4. The zero-order chi connectivity index (χ0) is 29.4. The molecule has 0 aromatic heterocycles. The highest BCUT2D eigenvalue weighted by Crippen LogP contribution is 2.37. The van der Waals surface area contributed by atoms with Crippen molar-refractivity contribution < 1.29 is 47.6 Å². The quantitative estimate of drug-likeness (QED) is 0.269. The summed E-state index contributed by atoms with van der Waals surface area (Å²) in [5.41, 5.74) is 0.977. The lowest BCUT2D eigenvalue weighted by atomic mass is 9.87. The van der Waals surface area contributed by atoms with Gasteiger partial charge in [0.15, 0.2) is 11.5 Å². The molecule has 0 spiro atoms. The second-order valence-electron chi connectivity index (χ2n) is 9.08. The van der Waals surface area contributed by atoms with E-state index in [1.54, 1.807) is 36.4 Å². The first-order valence-corrected chi connectivity index (χ1v) is 13.4. The number of nitrogens with zero attached hydrogens (tertiary/aromatic N) is 1. The molecule has 1 aliphatic carbocycles. The second kappa shape index (κ2) is 14.1. The molecular formula is C27H30F3IN2O7. The van der Waals surface area contributed by atoms with E-state index in [1.807, 2.05) is 22.6 Å². The Morgan fingerprint density at radius 1 is 1.15 bits per heavy atom. The van der Waals surface area contributed by atoms with Gasteiger partial charge in [-0.05, 0) is 51.9 Å². The number of halogens is 4. The van der Waals surface area contributed by atoms with Gasteiger partial charge in [-0.3, -0.25) is 9.59 Å². The fourth-order valence-corrected chi connectivity index (χ4v) is 5.14. The molecule has 0 aliphatic heterocycles. The number of ether oxygens (including phenoxy) is 2. The molecule has 13 heteroatoms. The number of benzene rings is 2. The van der Waals surface area contributed by atoms with Crippen LogP contribution < -0.4 is 14.8 Å². The maximum absolute atomic E-state index is 13.7. The van der Waals surface area contributed by atoms with Crippen LogP contribution in [-0.4, -0.2) is 83.3 Å². The molecule has 9 nitrogen and oxygen atoms in total. The van der Waals surface area contributed by atoms with E-state index in [2.05, 4.69) is 5.32 Å². The summed E-state index contributed by atoms with van der Waals surface area (Å²) < 4.78 is 53.0. The van der Waals surface area contributed by atoms with Crippen LogP contribution in [0.2, 0.25) is 0 Å². The Bertz CT molecular complexity index is 1210. The first kappa shape index (κ1) is 31.6. The fourth-order valence-electron chi connectivity index (χ4n) is 4.35. The summed E-state index contributed by atoms with van der Waals surface area (Å²) in [6.07, 6.45) is -7.24. The van der Waals surface area contributed by atoms with Gasteiger partial charge in [-0.25, -0.2) is 0 Å². The van der Waals surface area contributed by atoms with Gasteiger partial charge in [0, 0.05) is 18.5 Å². The normalized spacial score (nSPS) is 19.0. The number of amides is 2. The average Bonchev–Trinajstić information content (AvgIpc) is 2.92. The van der Waals surface area contributed by atoms with E-state index in [4.69, 9.17) is 14.6 Å². The first-order valence-electron chi connectivity index (χ1n) is 12.3. The van der Waals surface area contributed by atoms with Gasteiger partial charge in [0.25, 0.3) is 0 Å². The van der Waals surface area contributed by atoms with Crippen molar-refractivity contribution >= 4 is 34.4 Å². The third-order valence-corrected chi connectivity index (χ3v) is 7.01. The maximum atomic E-state index is 13.7. The van der Waals surface area contributed by atoms with Crippen LogP contribution in [0.25, 0.3) is 0 Å². The van der Waals surface area contributed by atoms with Crippen molar-refractivity contribution in [1.29, 1.82) is 0 Å². The molecule has 2 aromatic carbocycles. The number of aliphatic hydroxyl groups excluding tert-OH is 3. The molecule has 0 unspecified atom stereocenters. The number of nitrogens with one attached hydrogen (secondary N) is 1. The summed E-state index contributed by atoms with van der Waals surface area (Å²) in [4.78, 5) is 26.6. The van der Waals surface area contributed by atoms with Crippen LogP contribution in [0.1, 0.15) is 17.5 Å². The van der Waals surface area contributed by atoms with Crippen LogP contribution >= 0.6 is 22.6 Å². The smallest absolute Gasteiger partial charge is 0.406 e. The molecule has 0 fully saturated rings. The molecule has 2 amide bonds. The maximum Gasteiger partial charge on any atom is 0.406 e. The summed E-state index contributed by atoms with van der Waals surface area (Å²) in [7, 11) is 1.36. The topological polar surface area (TPSA) is 129 Å². The van der Waals surface area contributed by atoms with Crippen molar-refractivity contribution in [2.75, 3.05) is 26.8 Å². The van der Waals surface area contributed by atoms with Gasteiger partial charge < -0.3 is 35.0 Å². The van der Waals surface area contributed by atoms with E-state index in [-0.39, 0.29) is 49.7 Å². The molecule has 3 atom stereocenters. The lowest BCUT2D eigenvalue weighted by molar-refractivity contribution is -0.172. The summed E-state index contributed by atoms with van der Waals surface area (Å²) >= 11 is 1.92. The fraction of sp³-hybridized carbons (Fsp3) is 0.407. The molecule has 218 valence electrons. The molecule has 0 saturated heterocycles.